The fourth-order valence-corrected chi connectivity index (χ4v) is 2.33. The van der Waals surface area contributed by atoms with Gasteiger partial charge in [-0.05, 0) is 24.3 Å². The summed E-state index contributed by atoms with van der Waals surface area (Å²) in [5.74, 6) is -0.519. The molecule has 0 aliphatic rings. The molecule has 0 aliphatic carbocycles. The van der Waals surface area contributed by atoms with Gasteiger partial charge in [0, 0.05) is 21.8 Å². The first-order valence-electron chi connectivity index (χ1n) is 7.06. The molecule has 2 aromatic rings. The van der Waals surface area contributed by atoms with Gasteiger partial charge < -0.3 is 15.2 Å². The number of hydrogen-bond donors (Lipinski definition) is 2. The van der Waals surface area contributed by atoms with E-state index in [0.717, 1.165) is 4.57 Å². The lowest BCUT2D eigenvalue weighted by molar-refractivity contribution is -0.0363. The number of anilines is 1. The fourth-order valence-electron chi connectivity index (χ4n) is 1.80. The molecular formula is C15H14Cl2FN3O4. The summed E-state index contributed by atoms with van der Waals surface area (Å²) < 4.78 is 18.5. The second-order valence-corrected chi connectivity index (χ2v) is 5.80. The van der Waals surface area contributed by atoms with Crippen molar-refractivity contribution < 1.29 is 19.0 Å². The molecule has 2 rings (SSSR count). The zero-order chi connectivity index (χ0) is 18.4. The van der Waals surface area contributed by atoms with Gasteiger partial charge in [0.2, 0.25) is 0 Å². The summed E-state index contributed by atoms with van der Waals surface area (Å²) in [7, 11) is 0. The van der Waals surface area contributed by atoms with Gasteiger partial charge in [-0.1, -0.05) is 23.2 Å². The van der Waals surface area contributed by atoms with Crippen LogP contribution in [0.1, 0.15) is 10.4 Å². The summed E-state index contributed by atoms with van der Waals surface area (Å²) in [5.41, 5.74) is -0.502. The maximum Gasteiger partial charge on any atom is 0.351 e. The van der Waals surface area contributed by atoms with Crippen LogP contribution in [-0.2, 0) is 11.5 Å². The van der Waals surface area contributed by atoms with Crippen LogP contribution in [0.15, 0.2) is 35.3 Å². The molecule has 134 valence electrons. The largest absolute Gasteiger partial charge is 0.394 e. The summed E-state index contributed by atoms with van der Waals surface area (Å²) in [6.07, 6.45) is 0.307. The number of carbonyl (C=O) groups is 1. The highest BCUT2D eigenvalue weighted by molar-refractivity contribution is 6.35. The summed E-state index contributed by atoms with van der Waals surface area (Å²) in [4.78, 5) is 27.7. The summed E-state index contributed by atoms with van der Waals surface area (Å²) >= 11 is 11.7. The SMILES string of the molecule is O=C(Nc1ccn(CO[C@H](CO)CF)c(=O)n1)c1cc(Cl)cc(Cl)c1. The lowest BCUT2D eigenvalue weighted by atomic mass is 10.2. The molecule has 1 amide bonds. The molecule has 0 radical (unpaired) electrons. The Morgan fingerprint density at radius 1 is 1.36 bits per heavy atom. The van der Waals surface area contributed by atoms with Crippen LogP contribution in [-0.4, -0.2) is 40.0 Å². The molecule has 10 heteroatoms. The number of amides is 1. The minimum Gasteiger partial charge on any atom is -0.394 e. The highest BCUT2D eigenvalue weighted by Crippen LogP contribution is 2.19. The third-order valence-corrected chi connectivity index (χ3v) is 3.50. The molecule has 25 heavy (non-hydrogen) atoms. The van der Waals surface area contributed by atoms with Crippen molar-refractivity contribution in [3.63, 3.8) is 0 Å². The van der Waals surface area contributed by atoms with Crippen molar-refractivity contribution in [3.05, 3.63) is 56.6 Å². The number of ether oxygens (including phenoxy) is 1. The molecule has 0 unspecified atom stereocenters. The molecule has 0 spiro atoms. The number of alkyl halides is 1. The minimum absolute atomic E-state index is 0.0200. The monoisotopic (exact) mass is 389 g/mol. The van der Waals surface area contributed by atoms with Gasteiger partial charge in [0.25, 0.3) is 5.91 Å². The smallest absolute Gasteiger partial charge is 0.351 e. The van der Waals surface area contributed by atoms with E-state index in [9.17, 15) is 14.0 Å². The van der Waals surface area contributed by atoms with Gasteiger partial charge in [0.05, 0.1) is 6.61 Å². The lowest BCUT2D eigenvalue weighted by Gasteiger charge is -2.13. The zero-order valence-corrected chi connectivity index (χ0v) is 14.3. The van der Waals surface area contributed by atoms with Crippen molar-refractivity contribution >= 4 is 34.9 Å². The topological polar surface area (TPSA) is 93.5 Å². The second-order valence-electron chi connectivity index (χ2n) is 4.93. The lowest BCUT2D eigenvalue weighted by Crippen LogP contribution is -2.29. The molecule has 2 N–H and O–H groups in total. The Morgan fingerprint density at radius 2 is 2.04 bits per heavy atom. The first kappa shape index (κ1) is 19.3. The highest BCUT2D eigenvalue weighted by Gasteiger charge is 2.11. The highest BCUT2D eigenvalue weighted by atomic mass is 35.5. The molecule has 0 saturated carbocycles. The minimum atomic E-state index is -1.01. The van der Waals surface area contributed by atoms with Gasteiger partial charge in [-0.25, -0.2) is 9.18 Å². The Kier molecular flexibility index (Phi) is 6.89. The number of carbonyl (C=O) groups excluding carboxylic acids is 1. The molecule has 0 fully saturated rings. The van der Waals surface area contributed by atoms with Gasteiger partial charge in [-0.15, -0.1) is 0 Å². The van der Waals surface area contributed by atoms with Gasteiger partial charge in [0.1, 0.15) is 25.3 Å². The number of nitrogens with zero attached hydrogens (tertiary/aromatic N) is 2. The quantitative estimate of drug-likeness (QED) is 0.756. The fraction of sp³-hybridized carbons (Fsp3) is 0.267. The van der Waals surface area contributed by atoms with E-state index in [0.29, 0.717) is 10.0 Å². The number of benzene rings is 1. The van der Waals surface area contributed by atoms with Crippen LogP contribution in [0.4, 0.5) is 10.2 Å². The number of aliphatic hydroxyl groups is 1. The standard InChI is InChI=1S/C15H14Cl2FN3O4/c16-10-3-9(4-11(17)5-10)14(23)19-13-1-2-21(15(24)20-13)8-25-12(6-18)7-22/h1-5,12,22H,6-8H2,(H,19,20,23,24)/t12-/m0/s1. The van der Waals surface area contributed by atoms with Gasteiger partial charge >= 0.3 is 5.69 Å². The third-order valence-electron chi connectivity index (χ3n) is 3.07. The van der Waals surface area contributed by atoms with E-state index in [2.05, 4.69) is 10.3 Å². The first-order chi connectivity index (χ1) is 11.9. The van der Waals surface area contributed by atoms with Crippen molar-refractivity contribution in [2.75, 3.05) is 18.6 Å². The van der Waals surface area contributed by atoms with E-state index in [4.69, 9.17) is 33.0 Å². The zero-order valence-electron chi connectivity index (χ0n) is 12.8. The van der Waals surface area contributed by atoms with Gasteiger partial charge in [0.15, 0.2) is 0 Å². The molecular weight excluding hydrogens is 376 g/mol. The van der Waals surface area contributed by atoms with Crippen molar-refractivity contribution in [3.8, 4) is 0 Å². The predicted octanol–water partition coefficient (Wildman–Crippen LogP) is 2.11. The molecule has 7 nitrogen and oxygen atoms in total. The molecule has 0 saturated heterocycles. The van der Waals surface area contributed by atoms with Gasteiger partial charge in [-0.3, -0.25) is 9.36 Å². The van der Waals surface area contributed by atoms with E-state index in [-0.39, 0.29) is 18.1 Å². The molecule has 0 aliphatic heterocycles. The van der Waals surface area contributed by atoms with Crippen LogP contribution in [0.25, 0.3) is 0 Å². The van der Waals surface area contributed by atoms with Crippen LogP contribution >= 0.6 is 23.2 Å². The van der Waals surface area contributed by atoms with Crippen LogP contribution in [0.5, 0.6) is 0 Å². The van der Waals surface area contributed by atoms with Crippen LogP contribution in [0.3, 0.4) is 0 Å². The first-order valence-corrected chi connectivity index (χ1v) is 7.82. The third kappa shape index (κ3) is 5.50. The number of nitrogens with one attached hydrogen (secondary N) is 1. The number of aromatic nitrogens is 2. The predicted molar refractivity (Wildman–Crippen MR) is 90.8 cm³/mol. The van der Waals surface area contributed by atoms with Crippen LogP contribution in [0, 0.1) is 0 Å². The maximum absolute atomic E-state index is 12.4. The summed E-state index contributed by atoms with van der Waals surface area (Å²) in [5, 5.41) is 11.9. The van der Waals surface area contributed by atoms with Crippen LogP contribution < -0.4 is 11.0 Å². The van der Waals surface area contributed by atoms with Crippen molar-refractivity contribution in [1.82, 2.24) is 9.55 Å². The Morgan fingerprint density at radius 3 is 2.60 bits per heavy atom. The average molecular weight is 390 g/mol. The van der Waals surface area contributed by atoms with Crippen molar-refractivity contribution in [1.29, 1.82) is 0 Å². The van der Waals surface area contributed by atoms with Crippen molar-refractivity contribution in [2.24, 2.45) is 0 Å². The summed E-state index contributed by atoms with van der Waals surface area (Å²) in [6, 6.07) is 5.70. The second kappa shape index (κ2) is 8.91. The van der Waals surface area contributed by atoms with E-state index >= 15 is 0 Å². The molecule has 1 aromatic carbocycles. The Bertz CT molecular complexity index is 791. The molecule has 1 aromatic heterocycles. The molecule has 1 atom stereocenters. The Hall–Kier alpha value is -2.00. The van der Waals surface area contributed by atoms with E-state index in [1.807, 2.05) is 0 Å². The van der Waals surface area contributed by atoms with Crippen molar-refractivity contribution in [2.45, 2.75) is 12.8 Å². The van der Waals surface area contributed by atoms with Gasteiger partial charge in [-0.2, -0.15) is 4.98 Å². The molecule has 0 bridgehead atoms. The van der Waals surface area contributed by atoms with E-state index in [1.54, 1.807) is 0 Å². The Balaban J connectivity index is 2.07. The Labute approximate surface area is 152 Å². The van der Waals surface area contributed by atoms with E-state index in [1.165, 1.54) is 30.5 Å². The number of aliphatic hydroxyl groups excluding tert-OH is 1. The number of halogens is 3. The number of rotatable bonds is 7. The number of hydrogen-bond acceptors (Lipinski definition) is 5. The van der Waals surface area contributed by atoms with E-state index < -0.39 is 31.0 Å². The summed E-state index contributed by atoms with van der Waals surface area (Å²) in [6.45, 7) is -1.66. The normalized spacial score (nSPS) is 12.0. The van der Waals surface area contributed by atoms with Crippen LogP contribution in [0.2, 0.25) is 10.0 Å². The average Bonchev–Trinajstić information content (AvgIpc) is 2.56. The molecule has 1 heterocycles. The maximum atomic E-state index is 12.4.